The van der Waals surface area contributed by atoms with Crippen LogP contribution in [0.25, 0.3) is 10.9 Å². The Morgan fingerprint density at radius 2 is 1.92 bits per heavy atom. The van der Waals surface area contributed by atoms with Crippen molar-refractivity contribution in [2.45, 2.75) is 19.2 Å². The van der Waals surface area contributed by atoms with E-state index >= 15 is 0 Å². The maximum Gasteiger partial charge on any atom is 0.257 e. The molecule has 1 saturated heterocycles. The van der Waals surface area contributed by atoms with Crippen molar-refractivity contribution in [2.24, 2.45) is 9.98 Å². The van der Waals surface area contributed by atoms with Crippen molar-refractivity contribution in [1.82, 2.24) is 10.3 Å². The standard InChI is InChI=1S/C29H29ClN6O2/c1-17-13-20(36-11-9-31-10-12-36)15-23-26(17)35-28(33-23)25-27(21-7-2-3-8-22(21)34-29(25)38)32-16-24(37)18-5-4-6-19(30)14-18/h2-8,13-15,24,28,31,37H,9-12,16H2,1H3,(H2,32,34,38)/t24-,28?/m1/s1. The average molecular weight is 529 g/mol. The Balaban J connectivity index is 1.40. The molecule has 0 bridgehead atoms. The van der Waals surface area contributed by atoms with Gasteiger partial charge in [-0.05, 0) is 48.4 Å². The maximum atomic E-state index is 13.4. The fourth-order valence-corrected chi connectivity index (χ4v) is 5.45. The number of hydrogen-bond donors (Lipinski definition) is 4. The molecule has 2 aliphatic rings. The number of aliphatic hydroxyl groups excluding tert-OH is 1. The number of aliphatic hydroxyl groups is 1. The van der Waals surface area contributed by atoms with E-state index in [0.29, 0.717) is 27.4 Å². The minimum atomic E-state index is -0.821. The lowest BCUT2D eigenvalue weighted by Crippen LogP contribution is -2.44. The number of anilines is 2. The molecule has 8 nitrogen and oxygen atoms in total. The van der Waals surface area contributed by atoms with E-state index < -0.39 is 12.3 Å². The second-order valence-electron chi connectivity index (χ2n) is 9.74. The monoisotopic (exact) mass is 528 g/mol. The van der Waals surface area contributed by atoms with E-state index in [4.69, 9.17) is 21.6 Å². The van der Waals surface area contributed by atoms with Gasteiger partial charge in [0.05, 0.1) is 33.6 Å². The summed E-state index contributed by atoms with van der Waals surface area (Å²) in [5, 5.41) is 20.6. The molecule has 1 fully saturated rings. The summed E-state index contributed by atoms with van der Waals surface area (Å²) in [7, 11) is 0. The van der Waals surface area contributed by atoms with E-state index in [9.17, 15) is 9.90 Å². The summed E-state index contributed by atoms with van der Waals surface area (Å²) in [6.45, 7) is 5.99. The molecule has 38 heavy (non-hydrogen) atoms. The predicted molar refractivity (Wildman–Crippen MR) is 151 cm³/mol. The number of nitrogens with zero attached hydrogens (tertiary/aromatic N) is 3. The summed E-state index contributed by atoms with van der Waals surface area (Å²) in [5.41, 5.74) is 4.35. The van der Waals surface area contributed by atoms with Crippen LogP contribution in [0.3, 0.4) is 0 Å². The second kappa shape index (κ2) is 10.2. The van der Waals surface area contributed by atoms with Gasteiger partial charge in [0.15, 0.2) is 6.17 Å². The number of halogens is 1. The van der Waals surface area contributed by atoms with Crippen LogP contribution < -0.4 is 31.8 Å². The van der Waals surface area contributed by atoms with E-state index in [2.05, 4.69) is 32.7 Å². The summed E-state index contributed by atoms with van der Waals surface area (Å²) in [6.07, 6.45) is -1.51. The van der Waals surface area contributed by atoms with E-state index in [1.54, 1.807) is 18.2 Å². The van der Waals surface area contributed by atoms with Crippen molar-refractivity contribution in [3.05, 3.63) is 103 Å². The Labute approximate surface area is 224 Å². The topological polar surface area (TPSA) is 105 Å². The minimum Gasteiger partial charge on any atom is -0.387 e. The molecule has 0 spiro atoms. The van der Waals surface area contributed by atoms with Crippen LogP contribution in [0.5, 0.6) is 0 Å². The number of fused-ring (bicyclic) bond motifs is 2. The molecule has 2 atom stereocenters. The smallest absolute Gasteiger partial charge is 0.257 e. The van der Waals surface area contributed by atoms with Gasteiger partial charge in [-0.1, -0.05) is 41.9 Å². The van der Waals surface area contributed by atoms with Crippen LogP contribution in [0.2, 0.25) is 5.02 Å². The highest BCUT2D eigenvalue weighted by Crippen LogP contribution is 2.31. The van der Waals surface area contributed by atoms with Gasteiger partial charge < -0.3 is 25.6 Å². The van der Waals surface area contributed by atoms with Gasteiger partial charge in [0.25, 0.3) is 5.56 Å². The molecule has 0 amide bonds. The fourth-order valence-electron chi connectivity index (χ4n) is 5.25. The highest BCUT2D eigenvalue weighted by Gasteiger charge is 2.25. The average Bonchev–Trinajstić information content (AvgIpc) is 3.36. The van der Waals surface area contributed by atoms with Gasteiger partial charge in [-0.2, -0.15) is 0 Å². The quantitative estimate of drug-likeness (QED) is 0.308. The third-order valence-electron chi connectivity index (χ3n) is 7.18. The van der Waals surface area contributed by atoms with E-state index in [1.807, 2.05) is 37.3 Å². The van der Waals surface area contributed by atoms with Crippen LogP contribution in [0, 0.1) is 6.92 Å². The van der Waals surface area contributed by atoms with Crippen molar-refractivity contribution < 1.29 is 5.11 Å². The molecule has 9 heteroatoms. The molecule has 194 valence electrons. The van der Waals surface area contributed by atoms with Gasteiger partial charge in [-0.15, -0.1) is 0 Å². The zero-order chi connectivity index (χ0) is 26.2. The van der Waals surface area contributed by atoms with E-state index in [-0.39, 0.29) is 12.1 Å². The number of piperazine rings is 1. The lowest BCUT2D eigenvalue weighted by atomic mass is 10.1. The summed E-state index contributed by atoms with van der Waals surface area (Å²) in [4.78, 5) is 28.6. The molecule has 0 aliphatic carbocycles. The van der Waals surface area contributed by atoms with Crippen LogP contribution in [-0.2, 0) is 0 Å². The molecule has 0 saturated carbocycles. The lowest BCUT2D eigenvalue weighted by molar-refractivity contribution is 0.191. The van der Waals surface area contributed by atoms with Crippen molar-refractivity contribution >= 4 is 33.9 Å². The number of aromatic amines is 1. The van der Waals surface area contributed by atoms with Crippen LogP contribution in [0.1, 0.15) is 29.0 Å². The highest BCUT2D eigenvalue weighted by molar-refractivity contribution is 6.30. The summed E-state index contributed by atoms with van der Waals surface area (Å²) < 4.78 is 0. The number of rotatable bonds is 6. The lowest BCUT2D eigenvalue weighted by Gasteiger charge is -2.29. The molecule has 0 radical (unpaired) electrons. The van der Waals surface area contributed by atoms with E-state index in [0.717, 1.165) is 53.5 Å². The summed E-state index contributed by atoms with van der Waals surface area (Å²) in [6, 6.07) is 19.0. The Morgan fingerprint density at radius 1 is 1.11 bits per heavy atom. The Bertz CT molecular complexity index is 1700. The number of nitrogens with one attached hydrogen (secondary N) is 3. The first kappa shape index (κ1) is 24.6. The zero-order valence-corrected chi connectivity index (χ0v) is 21.8. The van der Waals surface area contributed by atoms with Crippen molar-refractivity contribution in [3.63, 3.8) is 0 Å². The molecule has 1 unspecified atom stereocenters. The molecule has 4 N–H and O–H groups in total. The van der Waals surface area contributed by atoms with Crippen molar-refractivity contribution in [3.8, 4) is 0 Å². The van der Waals surface area contributed by atoms with Gasteiger partial charge in [-0.3, -0.25) is 14.8 Å². The number of aryl methyl sites for hydroxylation is 1. The Morgan fingerprint density at radius 3 is 2.74 bits per heavy atom. The van der Waals surface area contributed by atoms with Gasteiger partial charge in [0, 0.05) is 48.8 Å². The summed E-state index contributed by atoms with van der Waals surface area (Å²) >= 11 is 6.13. The van der Waals surface area contributed by atoms with Crippen LogP contribution in [-0.4, -0.2) is 42.8 Å². The summed E-state index contributed by atoms with van der Waals surface area (Å²) in [5.74, 6) is 0. The Kier molecular flexibility index (Phi) is 6.61. The zero-order valence-electron chi connectivity index (χ0n) is 21.0. The van der Waals surface area contributed by atoms with Gasteiger partial charge >= 0.3 is 0 Å². The molecule has 3 heterocycles. The van der Waals surface area contributed by atoms with Gasteiger partial charge in [0.2, 0.25) is 0 Å². The number of pyridine rings is 1. The first-order chi connectivity index (χ1) is 18.5. The first-order valence-electron chi connectivity index (χ1n) is 12.8. The first-order valence-corrected chi connectivity index (χ1v) is 13.2. The molecule has 1 aromatic heterocycles. The minimum absolute atomic E-state index is 0.187. The number of aromatic nitrogens is 1. The van der Waals surface area contributed by atoms with Gasteiger partial charge in [-0.25, -0.2) is 0 Å². The third kappa shape index (κ3) is 4.67. The number of para-hydroxylation sites is 1. The fraction of sp³-hybridized carbons (Fsp3) is 0.276. The molecular formula is C29H29ClN6O2. The molecular weight excluding hydrogens is 500 g/mol. The van der Waals surface area contributed by atoms with E-state index in [1.165, 1.54) is 0 Å². The molecule has 4 aromatic rings. The molecule has 6 rings (SSSR count). The maximum absolute atomic E-state index is 13.4. The van der Waals surface area contributed by atoms with Crippen LogP contribution in [0.4, 0.5) is 11.4 Å². The number of benzene rings is 3. The van der Waals surface area contributed by atoms with Crippen molar-refractivity contribution in [2.75, 3.05) is 42.9 Å². The molecule has 3 aromatic carbocycles. The molecule has 2 aliphatic heterocycles. The van der Waals surface area contributed by atoms with Crippen LogP contribution in [0.15, 0.2) is 75.4 Å². The van der Waals surface area contributed by atoms with Crippen LogP contribution >= 0.6 is 11.6 Å². The number of H-pyrrole nitrogens is 1. The second-order valence-corrected chi connectivity index (χ2v) is 10.2. The normalized spacial score (nSPS) is 17.6. The SMILES string of the molecule is Cc1cc(N2CCNCC2)cc2c1=NC(c1c(NC[C@@H](O)c3cccc(Cl)c3)c3ccccc3[nH]c1=O)N=2. The highest BCUT2D eigenvalue weighted by atomic mass is 35.5. The number of hydrogen-bond acceptors (Lipinski definition) is 7. The Hall–Kier alpha value is -3.72. The van der Waals surface area contributed by atoms with Gasteiger partial charge in [0.1, 0.15) is 0 Å². The predicted octanol–water partition coefficient (Wildman–Crippen LogP) is 3.00. The van der Waals surface area contributed by atoms with Crippen molar-refractivity contribution in [1.29, 1.82) is 0 Å². The third-order valence-corrected chi connectivity index (χ3v) is 7.42. The largest absolute Gasteiger partial charge is 0.387 e.